The van der Waals surface area contributed by atoms with Crippen LogP contribution in [0, 0.1) is 0 Å². The molecule has 5 heteroatoms. The van der Waals surface area contributed by atoms with E-state index in [1.165, 1.54) is 23.4 Å². The van der Waals surface area contributed by atoms with Gasteiger partial charge in [0, 0.05) is 32.7 Å². The number of esters is 1. The molecule has 0 aliphatic carbocycles. The second-order valence-corrected chi connectivity index (χ2v) is 7.23. The van der Waals surface area contributed by atoms with Crippen LogP contribution in [-0.4, -0.2) is 55.4 Å². The molecule has 1 heterocycles. The molecule has 148 valence electrons. The summed E-state index contributed by atoms with van der Waals surface area (Å²) in [5.41, 5.74) is 2.90. The van der Waals surface area contributed by atoms with Crippen molar-refractivity contribution in [2.45, 2.75) is 6.54 Å². The van der Waals surface area contributed by atoms with Crippen LogP contribution >= 0.6 is 0 Å². The fourth-order valence-corrected chi connectivity index (χ4v) is 3.65. The van der Waals surface area contributed by atoms with Gasteiger partial charge in [-0.25, -0.2) is 4.79 Å². The van der Waals surface area contributed by atoms with Crippen LogP contribution in [0.3, 0.4) is 0 Å². The molecule has 3 aromatic carbocycles. The SMILES string of the molecule is COC(=O)c1ccc(/C=N/N2CCN(Cc3cccc4ccccc34)CC2)cc1. The average molecular weight is 387 g/mol. The summed E-state index contributed by atoms with van der Waals surface area (Å²) in [7, 11) is 1.39. The minimum atomic E-state index is -0.323. The molecule has 0 saturated carbocycles. The number of nitrogens with zero attached hydrogens (tertiary/aromatic N) is 3. The van der Waals surface area contributed by atoms with E-state index in [1.54, 1.807) is 12.1 Å². The normalized spacial score (nSPS) is 15.1. The first-order valence-electron chi connectivity index (χ1n) is 9.89. The maximum atomic E-state index is 11.5. The van der Waals surface area contributed by atoms with Crippen molar-refractivity contribution in [2.24, 2.45) is 5.10 Å². The third-order valence-corrected chi connectivity index (χ3v) is 5.32. The Kier molecular flexibility index (Phi) is 5.86. The largest absolute Gasteiger partial charge is 0.465 e. The summed E-state index contributed by atoms with van der Waals surface area (Å²) in [6, 6.07) is 22.4. The molecule has 1 aliphatic rings. The minimum Gasteiger partial charge on any atom is -0.465 e. The van der Waals surface area contributed by atoms with Crippen molar-refractivity contribution >= 4 is 23.0 Å². The minimum absolute atomic E-state index is 0.323. The van der Waals surface area contributed by atoms with Crippen LogP contribution in [0.15, 0.2) is 71.8 Å². The van der Waals surface area contributed by atoms with Gasteiger partial charge in [0.2, 0.25) is 0 Å². The van der Waals surface area contributed by atoms with Crippen molar-refractivity contribution in [2.75, 3.05) is 33.3 Å². The molecule has 5 nitrogen and oxygen atoms in total. The average Bonchev–Trinajstić information content (AvgIpc) is 2.79. The van der Waals surface area contributed by atoms with E-state index in [9.17, 15) is 4.79 Å². The van der Waals surface area contributed by atoms with Crippen LogP contribution in [-0.2, 0) is 11.3 Å². The number of carbonyl (C=O) groups excluding carboxylic acids is 1. The van der Waals surface area contributed by atoms with Crippen LogP contribution in [0.2, 0.25) is 0 Å². The zero-order valence-electron chi connectivity index (χ0n) is 16.6. The van der Waals surface area contributed by atoms with E-state index in [-0.39, 0.29) is 5.97 Å². The Hall–Kier alpha value is -3.18. The van der Waals surface area contributed by atoms with Gasteiger partial charge in [-0.3, -0.25) is 9.91 Å². The predicted octanol–water partition coefficient (Wildman–Crippen LogP) is 3.78. The molecular weight excluding hydrogens is 362 g/mol. The number of hydrazone groups is 1. The number of piperazine rings is 1. The van der Waals surface area contributed by atoms with Crippen molar-refractivity contribution < 1.29 is 9.53 Å². The highest BCUT2D eigenvalue weighted by molar-refractivity contribution is 5.90. The van der Waals surface area contributed by atoms with E-state index in [1.807, 2.05) is 18.3 Å². The van der Waals surface area contributed by atoms with Gasteiger partial charge in [-0.05, 0) is 34.0 Å². The van der Waals surface area contributed by atoms with Crippen molar-refractivity contribution in [3.8, 4) is 0 Å². The third kappa shape index (κ3) is 4.63. The van der Waals surface area contributed by atoms with E-state index < -0.39 is 0 Å². The summed E-state index contributed by atoms with van der Waals surface area (Å²) in [6.07, 6.45) is 1.85. The zero-order chi connectivity index (χ0) is 20.1. The van der Waals surface area contributed by atoms with Crippen molar-refractivity contribution in [1.82, 2.24) is 9.91 Å². The van der Waals surface area contributed by atoms with Crippen LogP contribution in [0.25, 0.3) is 10.8 Å². The number of rotatable bonds is 5. The summed E-state index contributed by atoms with van der Waals surface area (Å²) in [5, 5.41) is 9.35. The van der Waals surface area contributed by atoms with Gasteiger partial charge in [-0.15, -0.1) is 0 Å². The first-order chi connectivity index (χ1) is 14.2. The molecule has 0 spiro atoms. The van der Waals surface area contributed by atoms with Gasteiger partial charge in [0.1, 0.15) is 0 Å². The quantitative estimate of drug-likeness (QED) is 0.494. The Labute approximate surface area is 171 Å². The second kappa shape index (κ2) is 8.88. The summed E-state index contributed by atoms with van der Waals surface area (Å²) >= 11 is 0. The maximum Gasteiger partial charge on any atom is 0.337 e. The lowest BCUT2D eigenvalue weighted by molar-refractivity contribution is 0.0600. The molecule has 0 unspecified atom stereocenters. The number of methoxy groups -OCH3 is 1. The van der Waals surface area contributed by atoms with Gasteiger partial charge >= 0.3 is 5.97 Å². The van der Waals surface area contributed by atoms with Gasteiger partial charge in [0.25, 0.3) is 0 Å². The topological polar surface area (TPSA) is 45.1 Å². The number of carbonyl (C=O) groups is 1. The third-order valence-electron chi connectivity index (χ3n) is 5.32. The molecule has 1 fully saturated rings. The van der Waals surface area contributed by atoms with Gasteiger partial charge < -0.3 is 4.74 Å². The lowest BCUT2D eigenvalue weighted by Crippen LogP contribution is -2.43. The van der Waals surface area contributed by atoms with Gasteiger partial charge in [-0.2, -0.15) is 5.10 Å². The molecule has 29 heavy (non-hydrogen) atoms. The summed E-state index contributed by atoms with van der Waals surface area (Å²) in [4.78, 5) is 14.0. The zero-order valence-corrected chi connectivity index (χ0v) is 16.6. The smallest absolute Gasteiger partial charge is 0.337 e. The summed E-state index contributed by atoms with van der Waals surface area (Å²) in [5.74, 6) is -0.323. The highest BCUT2D eigenvalue weighted by Crippen LogP contribution is 2.20. The predicted molar refractivity (Wildman–Crippen MR) is 116 cm³/mol. The second-order valence-electron chi connectivity index (χ2n) is 7.23. The Bertz CT molecular complexity index is 1000. The fraction of sp³-hybridized carbons (Fsp3) is 0.250. The molecule has 0 N–H and O–H groups in total. The number of hydrogen-bond acceptors (Lipinski definition) is 5. The highest BCUT2D eigenvalue weighted by atomic mass is 16.5. The maximum absolute atomic E-state index is 11.5. The molecule has 1 aliphatic heterocycles. The monoisotopic (exact) mass is 387 g/mol. The summed E-state index contributed by atoms with van der Waals surface area (Å²) < 4.78 is 4.72. The number of ether oxygens (including phenoxy) is 1. The molecule has 0 amide bonds. The van der Waals surface area contributed by atoms with Crippen LogP contribution < -0.4 is 0 Å². The fourth-order valence-electron chi connectivity index (χ4n) is 3.65. The lowest BCUT2D eigenvalue weighted by atomic mass is 10.0. The molecule has 0 aromatic heterocycles. The van der Waals surface area contributed by atoms with Crippen LogP contribution in [0.5, 0.6) is 0 Å². The van der Waals surface area contributed by atoms with Crippen LogP contribution in [0.4, 0.5) is 0 Å². The molecule has 0 radical (unpaired) electrons. The Morgan fingerprint density at radius 3 is 2.45 bits per heavy atom. The molecule has 0 atom stereocenters. The van der Waals surface area contributed by atoms with E-state index in [4.69, 9.17) is 4.74 Å². The van der Waals surface area contributed by atoms with Gasteiger partial charge in [0.15, 0.2) is 0 Å². The lowest BCUT2D eigenvalue weighted by Gasteiger charge is -2.33. The van der Waals surface area contributed by atoms with E-state index in [0.717, 1.165) is 38.3 Å². The van der Waals surface area contributed by atoms with Gasteiger partial charge in [0.05, 0.1) is 18.9 Å². The number of hydrogen-bond donors (Lipinski definition) is 0. The molecule has 0 bridgehead atoms. The standard InChI is InChI=1S/C24H25N3O2/c1-29-24(28)21-11-9-19(10-12-21)17-25-27-15-13-26(14-16-27)18-22-7-4-6-20-5-2-3-8-23(20)22/h2-12,17H,13-16,18H2,1H3/b25-17+. The van der Waals surface area contributed by atoms with Crippen LogP contribution in [0.1, 0.15) is 21.5 Å². The highest BCUT2D eigenvalue weighted by Gasteiger charge is 2.16. The Morgan fingerprint density at radius 2 is 1.69 bits per heavy atom. The first-order valence-corrected chi connectivity index (χ1v) is 9.89. The van der Waals surface area contributed by atoms with E-state index in [0.29, 0.717) is 5.56 Å². The number of fused-ring (bicyclic) bond motifs is 1. The van der Waals surface area contributed by atoms with Crippen molar-refractivity contribution in [1.29, 1.82) is 0 Å². The first kappa shape index (κ1) is 19.2. The Balaban J connectivity index is 1.32. The molecule has 3 aromatic rings. The molecule has 4 rings (SSSR count). The van der Waals surface area contributed by atoms with E-state index in [2.05, 4.69) is 57.5 Å². The van der Waals surface area contributed by atoms with Crippen molar-refractivity contribution in [3.63, 3.8) is 0 Å². The Morgan fingerprint density at radius 1 is 0.966 bits per heavy atom. The van der Waals surface area contributed by atoms with Gasteiger partial charge in [-0.1, -0.05) is 54.6 Å². The molecular formula is C24H25N3O2. The van der Waals surface area contributed by atoms with E-state index >= 15 is 0 Å². The summed E-state index contributed by atoms with van der Waals surface area (Å²) in [6.45, 7) is 4.75. The molecule has 1 saturated heterocycles. The number of benzene rings is 3. The van der Waals surface area contributed by atoms with Crippen molar-refractivity contribution in [3.05, 3.63) is 83.4 Å².